The van der Waals surface area contributed by atoms with E-state index in [1.807, 2.05) is 0 Å². The number of nitro benzene ring substituents is 1. The number of hydrogen-bond donors (Lipinski definition) is 2. The van der Waals surface area contributed by atoms with Gasteiger partial charge >= 0.3 is 12.2 Å². The van der Waals surface area contributed by atoms with E-state index in [4.69, 9.17) is 0 Å². The molecule has 7 nitrogen and oxygen atoms in total. The Hall–Kier alpha value is -3.37. The molecule has 0 radical (unpaired) electrons. The molecule has 1 aliphatic rings. The monoisotopic (exact) mass is 412 g/mol. The average Bonchev–Trinajstić information content (AvgIpc) is 3.10. The number of carbonyl (C=O) groups excluding carboxylic acids is 1. The van der Waals surface area contributed by atoms with Crippen LogP contribution >= 0.6 is 0 Å². The first kappa shape index (κ1) is 20.4. The summed E-state index contributed by atoms with van der Waals surface area (Å²) in [6, 6.07) is 6.73. The highest BCUT2D eigenvalue weighted by atomic mass is 19.4. The van der Waals surface area contributed by atoms with Crippen LogP contribution in [0, 0.1) is 15.9 Å². The van der Waals surface area contributed by atoms with Gasteiger partial charge in [0, 0.05) is 42.6 Å². The quantitative estimate of drug-likeness (QED) is 0.449. The van der Waals surface area contributed by atoms with Crippen LogP contribution in [0.5, 0.6) is 0 Å². The lowest BCUT2D eigenvalue weighted by Crippen LogP contribution is -2.39. The lowest BCUT2D eigenvalue weighted by Gasteiger charge is -2.23. The molecule has 2 N–H and O–H groups in total. The molecule has 1 atom stereocenters. The second kappa shape index (κ2) is 7.94. The van der Waals surface area contributed by atoms with Gasteiger partial charge in [0.1, 0.15) is 5.82 Å². The normalized spacial score (nSPS) is 16.6. The maximum absolute atomic E-state index is 13.4. The zero-order valence-corrected chi connectivity index (χ0v) is 14.9. The number of amides is 2. The van der Waals surface area contributed by atoms with E-state index in [-0.39, 0.29) is 18.8 Å². The summed E-state index contributed by atoms with van der Waals surface area (Å²) >= 11 is 0. The molecule has 11 heteroatoms. The predicted octanol–water partition coefficient (Wildman–Crippen LogP) is 4.15. The van der Waals surface area contributed by atoms with Crippen molar-refractivity contribution in [2.75, 3.05) is 23.3 Å². The maximum atomic E-state index is 13.4. The van der Waals surface area contributed by atoms with Crippen molar-refractivity contribution >= 4 is 23.1 Å². The number of nitrogens with one attached hydrogen (secondary N) is 2. The summed E-state index contributed by atoms with van der Waals surface area (Å²) in [4.78, 5) is 23.4. The van der Waals surface area contributed by atoms with Crippen molar-refractivity contribution in [3.8, 4) is 0 Å². The van der Waals surface area contributed by atoms with Crippen molar-refractivity contribution in [3.05, 3.63) is 64.0 Å². The van der Waals surface area contributed by atoms with Crippen LogP contribution in [0.3, 0.4) is 0 Å². The van der Waals surface area contributed by atoms with E-state index in [1.54, 1.807) is 0 Å². The molecule has 3 rings (SSSR count). The van der Waals surface area contributed by atoms with Crippen molar-refractivity contribution in [1.82, 2.24) is 5.32 Å². The van der Waals surface area contributed by atoms with Gasteiger partial charge in [-0.05, 0) is 36.8 Å². The molecule has 0 spiro atoms. The third-order valence-corrected chi connectivity index (χ3v) is 4.46. The molecule has 0 saturated carbocycles. The number of rotatable bonds is 4. The Kier molecular flexibility index (Phi) is 5.57. The maximum Gasteiger partial charge on any atom is 0.418 e. The number of benzene rings is 2. The van der Waals surface area contributed by atoms with Crippen molar-refractivity contribution in [3.63, 3.8) is 0 Å². The number of carbonyl (C=O) groups is 1. The molecule has 0 aromatic heterocycles. The molecule has 29 heavy (non-hydrogen) atoms. The van der Waals surface area contributed by atoms with E-state index >= 15 is 0 Å². The number of nitro groups is 1. The molecule has 2 aromatic rings. The Labute approximate surface area is 162 Å². The van der Waals surface area contributed by atoms with Crippen LogP contribution in [0.1, 0.15) is 12.0 Å². The molecule has 154 valence electrons. The third-order valence-electron chi connectivity index (χ3n) is 4.46. The van der Waals surface area contributed by atoms with Crippen LogP contribution in [0.15, 0.2) is 42.5 Å². The van der Waals surface area contributed by atoms with Crippen LogP contribution < -0.4 is 15.5 Å². The summed E-state index contributed by atoms with van der Waals surface area (Å²) in [6.45, 7) is 0.347. The van der Waals surface area contributed by atoms with Crippen LogP contribution in [-0.4, -0.2) is 30.1 Å². The Bertz CT molecular complexity index is 918. The van der Waals surface area contributed by atoms with Gasteiger partial charge in [-0.3, -0.25) is 10.1 Å². The van der Waals surface area contributed by atoms with Gasteiger partial charge in [-0.25, -0.2) is 9.18 Å². The standard InChI is InChI=1S/C18H16F4N4O3/c19-11-1-3-12(4-2-11)23-17(27)24-13-7-8-25(10-13)16-6-5-14(26(28)29)9-15(16)18(20,21)22/h1-6,9,13H,7-8,10H2,(H2,23,24,27). The van der Waals surface area contributed by atoms with Gasteiger partial charge in [0.05, 0.1) is 10.5 Å². The summed E-state index contributed by atoms with van der Waals surface area (Å²) in [5.74, 6) is -0.453. The Morgan fingerprint density at radius 3 is 2.48 bits per heavy atom. The van der Waals surface area contributed by atoms with Gasteiger partial charge < -0.3 is 15.5 Å². The minimum atomic E-state index is -4.76. The van der Waals surface area contributed by atoms with Crippen LogP contribution in [0.25, 0.3) is 0 Å². The van der Waals surface area contributed by atoms with Gasteiger partial charge in [0.2, 0.25) is 0 Å². The molecule has 2 amide bonds. The number of anilines is 2. The fourth-order valence-electron chi connectivity index (χ4n) is 3.12. The van der Waals surface area contributed by atoms with Crippen LogP contribution in [-0.2, 0) is 6.18 Å². The lowest BCUT2D eigenvalue weighted by atomic mass is 10.1. The smallest absolute Gasteiger partial charge is 0.369 e. The van der Waals surface area contributed by atoms with Crippen LogP contribution in [0.4, 0.5) is 39.4 Å². The number of nitrogens with zero attached hydrogens (tertiary/aromatic N) is 2. The van der Waals surface area contributed by atoms with Gasteiger partial charge in [-0.15, -0.1) is 0 Å². The van der Waals surface area contributed by atoms with Crippen molar-refractivity contribution in [2.45, 2.75) is 18.6 Å². The van der Waals surface area contributed by atoms with Crippen molar-refractivity contribution in [1.29, 1.82) is 0 Å². The van der Waals surface area contributed by atoms with Gasteiger partial charge in [-0.2, -0.15) is 13.2 Å². The summed E-state index contributed by atoms with van der Waals surface area (Å²) in [5.41, 5.74) is -1.54. The van der Waals surface area contributed by atoms with Gasteiger partial charge in [-0.1, -0.05) is 0 Å². The first-order chi connectivity index (χ1) is 13.6. The molecule has 1 aliphatic heterocycles. The van der Waals surface area contributed by atoms with Gasteiger partial charge in [0.25, 0.3) is 5.69 Å². The first-order valence-electron chi connectivity index (χ1n) is 8.57. The Balaban J connectivity index is 1.68. The summed E-state index contributed by atoms with van der Waals surface area (Å²) in [5, 5.41) is 16.0. The topological polar surface area (TPSA) is 87.5 Å². The van der Waals surface area contributed by atoms with Gasteiger partial charge in [0.15, 0.2) is 0 Å². The van der Waals surface area contributed by atoms with Crippen molar-refractivity contribution in [2.24, 2.45) is 0 Å². The fourth-order valence-corrected chi connectivity index (χ4v) is 3.12. The Morgan fingerprint density at radius 2 is 1.86 bits per heavy atom. The van der Waals surface area contributed by atoms with E-state index in [0.29, 0.717) is 18.2 Å². The fraction of sp³-hybridized carbons (Fsp3) is 0.278. The second-order valence-electron chi connectivity index (χ2n) is 6.49. The molecule has 0 aliphatic carbocycles. The first-order valence-corrected chi connectivity index (χ1v) is 8.57. The van der Waals surface area contributed by atoms with E-state index < -0.39 is 40.2 Å². The highest BCUT2D eigenvalue weighted by Crippen LogP contribution is 2.39. The highest BCUT2D eigenvalue weighted by Gasteiger charge is 2.38. The predicted molar refractivity (Wildman–Crippen MR) is 97.3 cm³/mol. The Morgan fingerprint density at radius 1 is 1.17 bits per heavy atom. The minimum Gasteiger partial charge on any atom is -0.369 e. The number of halogens is 4. The summed E-state index contributed by atoms with van der Waals surface area (Å²) < 4.78 is 53.0. The summed E-state index contributed by atoms with van der Waals surface area (Å²) in [6.07, 6.45) is -4.36. The van der Waals surface area contributed by atoms with Crippen molar-refractivity contribution < 1.29 is 27.3 Å². The van der Waals surface area contributed by atoms with E-state index in [2.05, 4.69) is 10.6 Å². The molecule has 0 bridgehead atoms. The third kappa shape index (κ3) is 4.92. The number of urea groups is 1. The molecule has 2 aromatic carbocycles. The zero-order valence-electron chi connectivity index (χ0n) is 14.9. The molecular formula is C18H16F4N4O3. The molecule has 1 fully saturated rings. The molecular weight excluding hydrogens is 396 g/mol. The zero-order chi connectivity index (χ0) is 21.2. The molecule has 1 unspecified atom stereocenters. The SMILES string of the molecule is O=C(Nc1ccc(F)cc1)NC1CCN(c2ccc([N+](=O)[O-])cc2C(F)(F)F)C1. The lowest BCUT2D eigenvalue weighted by molar-refractivity contribution is -0.385. The van der Waals surface area contributed by atoms with Crippen LogP contribution in [0.2, 0.25) is 0 Å². The van der Waals surface area contributed by atoms with E-state index in [1.165, 1.54) is 29.2 Å². The number of non-ortho nitro benzene ring substituents is 1. The number of alkyl halides is 3. The average molecular weight is 412 g/mol. The number of hydrogen-bond acceptors (Lipinski definition) is 4. The summed E-state index contributed by atoms with van der Waals surface area (Å²) in [7, 11) is 0. The second-order valence-corrected chi connectivity index (χ2v) is 6.49. The van der Waals surface area contributed by atoms with E-state index in [9.17, 15) is 32.5 Å². The highest BCUT2D eigenvalue weighted by molar-refractivity contribution is 5.89. The van der Waals surface area contributed by atoms with E-state index in [0.717, 1.165) is 12.1 Å². The molecule has 1 saturated heterocycles. The largest absolute Gasteiger partial charge is 0.418 e. The molecule has 1 heterocycles. The minimum absolute atomic E-state index is 0.109.